The average Bonchev–Trinajstić information content (AvgIpc) is 3.19. The average molecular weight is 440 g/mol. The molecule has 0 radical (unpaired) electrons. The molecule has 2 aromatic carbocycles. The first kappa shape index (κ1) is 20.8. The van der Waals surface area contributed by atoms with Crippen LogP contribution in [0, 0.1) is 6.92 Å². The fraction of sp³-hybridized carbons (Fsp3) is 0.304. The number of halogens is 1. The number of rotatable bonds is 5. The smallest absolute Gasteiger partial charge is 0.173 e. The molecular weight excluding hydrogens is 414 g/mol. The van der Waals surface area contributed by atoms with Crippen molar-refractivity contribution in [2.75, 3.05) is 31.5 Å². The highest BCUT2D eigenvalue weighted by Crippen LogP contribution is 2.17. The maximum Gasteiger partial charge on any atom is 0.173 e. The second-order valence-electron chi connectivity index (χ2n) is 7.64. The van der Waals surface area contributed by atoms with E-state index in [0.29, 0.717) is 6.54 Å². The Morgan fingerprint density at radius 2 is 1.70 bits per heavy atom. The zero-order valence-corrected chi connectivity index (χ0v) is 18.7. The normalized spacial score (nSPS) is 14.7. The van der Waals surface area contributed by atoms with Gasteiger partial charge in [-0.05, 0) is 41.9 Å². The van der Waals surface area contributed by atoms with E-state index in [9.17, 15) is 0 Å². The van der Waals surface area contributed by atoms with E-state index in [1.54, 1.807) is 6.20 Å². The predicted molar refractivity (Wildman–Crippen MR) is 127 cm³/mol. The molecule has 4 rings (SSSR count). The molecule has 0 atom stereocenters. The standard InChI is InChI=1S/C23H26ClN5S/c1-18-6-2-3-7-19(18)15-27-10-12-28(13-11-27)23(30)26-21-14-25-29(17-21)16-20-8-4-5-9-22(20)24/h2-9,14,17H,10-13,15-16H2,1H3,(H,26,30). The lowest BCUT2D eigenvalue weighted by Crippen LogP contribution is -2.49. The van der Waals surface area contributed by atoms with Gasteiger partial charge < -0.3 is 10.2 Å². The van der Waals surface area contributed by atoms with Crippen molar-refractivity contribution in [1.82, 2.24) is 19.6 Å². The van der Waals surface area contributed by atoms with Crippen LogP contribution in [-0.4, -0.2) is 50.9 Å². The fourth-order valence-electron chi connectivity index (χ4n) is 3.66. The molecule has 30 heavy (non-hydrogen) atoms. The van der Waals surface area contributed by atoms with Gasteiger partial charge in [0.2, 0.25) is 0 Å². The quantitative estimate of drug-likeness (QED) is 0.596. The van der Waals surface area contributed by atoms with Gasteiger partial charge in [-0.1, -0.05) is 54.1 Å². The van der Waals surface area contributed by atoms with Crippen LogP contribution in [0.15, 0.2) is 60.9 Å². The maximum atomic E-state index is 6.25. The topological polar surface area (TPSA) is 36.3 Å². The summed E-state index contributed by atoms with van der Waals surface area (Å²) in [5.74, 6) is 0. The first-order valence-electron chi connectivity index (χ1n) is 10.2. The number of nitrogens with zero attached hydrogens (tertiary/aromatic N) is 4. The molecular formula is C23H26ClN5S. The van der Waals surface area contributed by atoms with Gasteiger partial charge in [-0.3, -0.25) is 9.58 Å². The highest BCUT2D eigenvalue weighted by molar-refractivity contribution is 7.80. The highest BCUT2D eigenvalue weighted by atomic mass is 35.5. The lowest BCUT2D eigenvalue weighted by atomic mass is 10.1. The minimum atomic E-state index is 0.631. The van der Waals surface area contributed by atoms with Crippen LogP contribution in [0.3, 0.4) is 0 Å². The third-order valence-electron chi connectivity index (χ3n) is 5.49. The molecule has 5 nitrogen and oxygen atoms in total. The summed E-state index contributed by atoms with van der Waals surface area (Å²) in [6, 6.07) is 16.4. The Kier molecular flexibility index (Phi) is 6.67. The number of thiocarbonyl (C=S) groups is 1. The Hall–Kier alpha value is -2.41. The lowest BCUT2D eigenvalue weighted by Gasteiger charge is -2.36. The van der Waals surface area contributed by atoms with Crippen molar-refractivity contribution in [2.24, 2.45) is 0 Å². The molecule has 1 aliphatic heterocycles. The maximum absolute atomic E-state index is 6.25. The summed E-state index contributed by atoms with van der Waals surface area (Å²) < 4.78 is 1.87. The van der Waals surface area contributed by atoms with Crippen LogP contribution in [0.1, 0.15) is 16.7 Å². The second kappa shape index (κ2) is 9.60. The van der Waals surface area contributed by atoms with Gasteiger partial charge >= 0.3 is 0 Å². The molecule has 0 spiro atoms. The van der Waals surface area contributed by atoms with Gasteiger partial charge in [0.05, 0.1) is 18.4 Å². The van der Waals surface area contributed by atoms with E-state index >= 15 is 0 Å². The molecule has 0 unspecified atom stereocenters. The van der Waals surface area contributed by atoms with E-state index in [2.05, 4.69) is 51.4 Å². The Bertz CT molecular complexity index is 1010. The number of aryl methyl sites for hydroxylation is 1. The Morgan fingerprint density at radius 1 is 1.00 bits per heavy atom. The number of nitrogens with one attached hydrogen (secondary N) is 1. The van der Waals surface area contributed by atoms with Crippen molar-refractivity contribution in [1.29, 1.82) is 0 Å². The van der Waals surface area contributed by atoms with Crippen molar-refractivity contribution in [2.45, 2.75) is 20.0 Å². The van der Waals surface area contributed by atoms with Gasteiger partial charge in [-0.2, -0.15) is 5.10 Å². The van der Waals surface area contributed by atoms with Gasteiger partial charge in [0.15, 0.2) is 5.11 Å². The first-order chi connectivity index (χ1) is 14.6. The lowest BCUT2D eigenvalue weighted by molar-refractivity contribution is 0.176. The van der Waals surface area contributed by atoms with Crippen LogP contribution in [0.25, 0.3) is 0 Å². The molecule has 1 fully saturated rings. The summed E-state index contributed by atoms with van der Waals surface area (Å²) in [5, 5.41) is 9.26. The van der Waals surface area contributed by atoms with Gasteiger partial charge in [0.25, 0.3) is 0 Å². The Balaban J connectivity index is 1.28. The van der Waals surface area contributed by atoms with E-state index in [0.717, 1.165) is 54.1 Å². The Morgan fingerprint density at radius 3 is 2.43 bits per heavy atom. The number of piperazine rings is 1. The molecule has 1 saturated heterocycles. The van der Waals surface area contributed by atoms with Crippen molar-refractivity contribution in [3.63, 3.8) is 0 Å². The van der Waals surface area contributed by atoms with Gasteiger partial charge in [0, 0.05) is 43.9 Å². The van der Waals surface area contributed by atoms with Gasteiger partial charge in [-0.25, -0.2) is 0 Å². The first-order valence-corrected chi connectivity index (χ1v) is 11.0. The van der Waals surface area contributed by atoms with Crippen molar-refractivity contribution in [3.8, 4) is 0 Å². The van der Waals surface area contributed by atoms with Crippen LogP contribution in [0.5, 0.6) is 0 Å². The number of aromatic nitrogens is 2. The van der Waals surface area contributed by atoms with Crippen LogP contribution >= 0.6 is 23.8 Å². The number of benzene rings is 2. The molecule has 3 aromatic rings. The molecule has 156 valence electrons. The van der Waals surface area contributed by atoms with E-state index < -0.39 is 0 Å². The molecule has 7 heteroatoms. The van der Waals surface area contributed by atoms with Crippen molar-refractivity contribution in [3.05, 3.63) is 82.6 Å². The van der Waals surface area contributed by atoms with Crippen molar-refractivity contribution >= 4 is 34.6 Å². The van der Waals surface area contributed by atoms with E-state index in [1.807, 2.05) is 35.1 Å². The highest BCUT2D eigenvalue weighted by Gasteiger charge is 2.19. The molecule has 0 bridgehead atoms. The van der Waals surface area contributed by atoms with E-state index in [1.165, 1.54) is 11.1 Å². The van der Waals surface area contributed by atoms with E-state index in [-0.39, 0.29) is 0 Å². The molecule has 1 N–H and O–H groups in total. The SMILES string of the molecule is Cc1ccccc1CN1CCN(C(=S)Nc2cnn(Cc3ccccc3Cl)c2)CC1. The largest absolute Gasteiger partial charge is 0.346 e. The van der Waals surface area contributed by atoms with Crippen LogP contribution in [0.2, 0.25) is 5.02 Å². The Labute approximate surface area is 188 Å². The molecule has 0 aliphatic carbocycles. The van der Waals surface area contributed by atoms with Gasteiger partial charge in [-0.15, -0.1) is 0 Å². The van der Waals surface area contributed by atoms with Gasteiger partial charge in [0.1, 0.15) is 0 Å². The predicted octanol–water partition coefficient (Wildman–Crippen LogP) is 4.41. The summed E-state index contributed by atoms with van der Waals surface area (Å²) in [4.78, 5) is 4.72. The summed E-state index contributed by atoms with van der Waals surface area (Å²) in [7, 11) is 0. The van der Waals surface area contributed by atoms with Crippen LogP contribution in [-0.2, 0) is 13.1 Å². The zero-order chi connectivity index (χ0) is 20.9. The zero-order valence-electron chi connectivity index (χ0n) is 17.1. The molecule has 0 saturated carbocycles. The van der Waals surface area contributed by atoms with Crippen LogP contribution in [0.4, 0.5) is 5.69 Å². The number of hydrogen-bond donors (Lipinski definition) is 1. The minimum absolute atomic E-state index is 0.631. The molecule has 1 aromatic heterocycles. The molecule has 1 aliphatic rings. The molecule has 0 amide bonds. The number of hydrogen-bond acceptors (Lipinski definition) is 3. The summed E-state index contributed by atoms with van der Waals surface area (Å²) in [5.41, 5.74) is 4.69. The minimum Gasteiger partial charge on any atom is -0.346 e. The number of anilines is 1. The summed E-state index contributed by atoms with van der Waals surface area (Å²) >= 11 is 11.9. The monoisotopic (exact) mass is 439 g/mol. The molecule has 2 heterocycles. The second-order valence-corrected chi connectivity index (χ2v) is 8.43. The fourth-order valence-corrected chi connectivity index (χ4v) is 4.15. The third kappa shape index (κ3) is 5.19. The summed E-state index contributed by atoms with van der Waals surface area (Å²) in [6.45, 7) is 7.65. The van der Waals surface area contributed by atoms with Crippen molar-refractivity contribution < 1.29 is 0 Å². The summed E-state index contributed by atoms with van der Waals surface area (Å²) in [6.07, 6.45) is 3.77. The van der Waals surface area contributed by atoms with Crippen LogP contribution < -0.4 is 5.32 Å². The van der Waals surface area contributed by atoms with E-state index in [4.69, 9.17) is 23.8 Å². The third-order valence-corrected chi connectivity index (χ3v) is 6.22.